The van der Waals surface area contributed by atoms with Gasteiger partial charge in [-0.3, -0.25) is 4.79 Å². The molecule has 0 saturated heterocycles. The van der Waals surface area contributed by atoms with Crippen LogP contribution in [0.2, 0.25) is 0 Å². The molecule has 0 spiro atoms. The van der Waals surface area contributed by atoms with Gasteiger partial charge in [-0.25, -0.2) is 0 Å². The first-order valence-corrected chi connectivity index (χ1v) is 7.97. The lowest BCUT2D eigenvalue weighted by Gasteiger charge is -2.34. The second kappa shape index (κ2) is 7.47. The van der Waals surface area contributed by atoms with Gasteiger partial charge in [0.15, 0.2) is 0 Å². The van der Waals surface area contributed by atoms with Crippen molar-refractivity contribution >= 4 is 5.97 Å². The Bertz CT molecular complexity index is 413. The molecule has 0 radical (unpaired) electrons. The van der Waals surface area contributed by atoms with E-state index in [1.165, 1.54) is 18.4 Å². The van der Waals surface area contributed by atoms with Crippen molar-refractivity contribution in [3.63, 3.8) is 0 Å². The maximum absolute atomic E-state index is 11.4. The monoisotopic (exact) mass is 274 g/mol. The number of carbonyl (C=O) groups is 1. The van der Waals surface area contributed by atoms with E-state index in [4.69, 9.17) is 0 Å². The lowest BCUT2D eigenvalue weighted by molar-refractivity contribution is -0.145. The normalized spacial score (nSPS) is 26.4. The molecule has 2 rings (SSSR count). The SMILES string of the molecule is CCCC1CCC(C(=O)O)C(CCc2ccccc2)C1. The third-order valence-corrected chi connectivity index (χ3v) is 4.75. The Morgan fingerprint density at radius 2 is 1.95 bits per heavy atom. The van der Waals surface area contributed by atoms with Crippen LogP contribution in [0.4, 0.5) is 0 Å². The van der Waals surface area contributed by atoms with Gasteiger partial charge < -0.3 is 5.11 Å². The predicted octanol–water partition coefficient (Wildman–Crippen LogP) is 4.54. The molecule has 3 atom stereocenters. The molecule has 0 aromatic heterocycles. The molecule has 0 heterocycles. The molecule has 1 N–H and O–H groups in total. The first kappa shape index (κ1) is 15.1. The minimum absolute atomic E-state index is 0.119. The highest BCUT2D eigenvalue weighted by Gasteiger charge is 2.34. The summed E-state index contributed by atoms with van der Waals surface area (Å²) in [5.41, 5.74) is 1.33. The van der Waals surface area contributed by atoms with E-state index in [1.54, 1.807) is 0 Å². The molecule has 2 heteroatoms. The topological polar surface area (TPSA) is 37.3 Å². The third-order valence-electron chi connectivity index (χ3n) is 4.75. The first-order valence-electron chi connectivity index (χ1n) is 7.97. The molecule has 1 aromatic carbocycles. The van der Waals surface area contributed by atoms with Crippen LogP contribution in [0.5, 0.6) is 0 Å². The van der Waals surface area contributed by atoms with Crippen LogP contribution in [-0.2, 0) is 11.2 Å². The van der Waals surface area contributed by atoms with E-state index in [-0.39, 0.29) is 5.92 Å². The summed E-state index contributed by atoms with van der Waals surface area (Å²) in [5.74, 6) is 0.402. The van der Waals surface area contributed by atoms with Crippen LogP contribution in [0.3, 0.4) is 0 Å². The number of aryl methyl sites for hydroxylation is 1. The van der Waals surface area contributed by atoms with Gasteiger partial charge in [-0.15, -0.1) is 0 Å². The highest BCUT2D eigenvalue weighted by atomic mass is 16.4. The summed E-state index contributed by atoms with van der Waals surface area (Å²) in [4.78, 5) is 11.4. The van der Waals surface area contributed by atoms with Crippen LogP contribution in [0, 0.1) is 17.8 Å². The fourth-order valence-corrected chi connectivity index (χ4v) is 3.67. The number of hydrogen-bond acceptors (Lipinski definition) is 1. The third kappa shape index (κ3) is 4.09. The molecule has 0 bridgehead atoms. The average Bonchev–Trinajstić information content (AvgIpc) is 2.46. The van der Waals surface area contributed by atoms with E-state index in [1.807, 2.05) is 6.07 Å². The lowest BCUT2D eigenvalue weighted by Crippen LogP contribution is -2.31. The first-order chi connectivity index (χ1) is 9.70. The van der Waals surface area contributed by atoms with Crippen molar-refractivity contribution in [1.29, 1.82) is 0 Å². The van der Waals surface area contributed by atoms with Crippen LogP contribution >= 0.6 is 0 Å². The molecule has 1 aliphatic carbocycles. The number of carboxylic acid groups (broad SMARTS) is 1. The maximum atomic E-state index is 11.4. The van der Waals surface area contributed by atoms with E-state index in [0.717, 1.165) is 38.0 Å². The predicted molar refractivity (Wildman–Crippen MR) is 81.6 cm³/mol. The lowest BCUT2D eigenvalue weighted by atomic mass is 9.71. The molecule has 3 unspecified atom stereocenters. The summed E-state index contributed by atoms with van der Waals surface area (Å²) in [6.07, 6.45) is 7.58. The van der Waals surface area contributed by atoms with Gasteiger partial charge in [-0.1, -0.05) is 50.1 Å². The van der Waals surface area contributed by atoms with E-state index in [2.05, 4.69) is 31.2 Å². The minimum atomic E-state index is -0.585. The Balaban J connectivity index is 1.94. The van der Waals surface area contributed by atoms with E-state index >= 15 is 0 Å². The van der Waals surface area contributed by atoms with Gasteiger partial charge in [0, 0.05) is 0 Å². The molecular formula is C18H26O2. The van der Waals surface area contributed by atoms with Gasteiger partial charge in [0.25, 0.3) is 0 Å². The zero-order chi connectivity index (χ0) is 14.4. The van der Waals surface area contributed by atoms with Gasteiger partial charge in [-0.2, -0.15) is 0 Å². The summed E-state index contributed by atoms with van der Waals surface area (Å²) >= 11 is 0. The standard InChI is InChI=1S/C18H26O2/c1-2-6-15-10-12-17(18(19)20)16(13-15)11-9-14-7-4-3-5-8-14/h3-5,7-8,15-17H,2,6,9-13H2,1H3,(H,19,20). The molecule has 1 aromatic rings. The molecule has 1 saturated carbocycles. The Hall–Kier alpha value is -1.31. The number of hydrogen-bond donors (Lipinski definition) is 1. The van der Waals surface area contributed by atoms with Crippen LogP contribution in [0.1, 0.15) is 51.0 Å². The number of rotatable bonds is 6. The zero-order valence-corrected chi connectivity index (χ0v) is 12.4. The average molecular weight is 274 g/mol. The summed E-state index contributed by atoms with van der Waals surface area (Å²) in [5, 5.41) is 9.42. The second-order valence-electron chi connectivity index (χ2n) is 6.20. The summed E-state index contributed by atoms with van der Waals surface area (Å²) in [6.45, 7) is 2.22. The van der Waals surface area contributed by atoms with E-state index in [9.17, 15) is 9.90 Å². The van der Waals surface area contributed by atoms with E-state index < -0.39 is 5.97 Å². The highest BCUT2D eigenvalue weighted by molar-refractivity contribution is 5.70. The van der Waals surface area contributed by atoms with Crippen molar-refractivity contribution < 1.29 is 9.90 Å². The van der Waals surface area contributed by atoms with Gasteiger partial charge in [0.05, 0.1) is 5.92 Å². The van der Waals surface area contributed by atoms with Gasteiger partial charge in [0.1, 0.15) is 0 Å². The van der Waals surface area contributed by atoms with Crippen molar-refractivity contribution in [2.24, 2.45) is 17.8 Å². The molecule has 0 aliphatic heterocycles. The Morgan fingerprint density at radius 3 is 2.60 bits per heavy atom. The van der Waals surface area contributed by atoms with E-state index in [0.29, 0.717) is 5.92 Å². The van der Waals surface area contributed by atoms with Gasteiger partial charge in [-0.05, 0) is 49.5 Å². The minimum Gasteiger partial charge on any atom is -0.481 e. The molecular weight excluding hydrogens is 248 g/mol. The quantitative estimate of drug-likeness (QED) is 0.827. The smallest absolute Gasteiger partial charge is 0.306 e. The second-order valence-corrected chi connectivity index (χ2v) is 6.20. The fraction of sp³-hybridized carbons (Fsp3) is 0.611. The van der Waals surface area contributed by atoms with Crippen molar-refractivity contribution in [3.8, 4) is 0 Å². The summed E-state index contributed by atoms with van der Waals surface area (Å²) in [7, 11) is 0. The number of benzene rings is 1. The molecule has 20 heavy (non-hydrogen) atoms. The van der Waals surface area contributed by atoms with Crippen molar-refractivity contribution in [1.82, 2.24) is 0 Å². The number of carboxylic acids is 1. The van der Waals surface area contributed by atoms with Crippen LogP contribution in [0.15, 0.2) is 30.3 Å². The van der Waals surface area contributed by atoms with Gasteiger partial charge in [0.2, 0.25) is 0 Å². The maximum Gasteiger partial charge on any atom is 0.306 e. The molecule has 110 valence electrons. The Kier molecular flexibility index (Phi) is 5.63. The molecule has 2 nitrogen and oxygen atoms in total. The summed E-state index contributed by atoms with van der Waals surface area (Å²) < 4.78 is 0. The van der Waals surface area contributed by atoms with Crippen molar-refractivity contribution in [2.75, 3.05) is 0 Å². The highest BCUT2D eigenvalue weighted by Crippen LogP contribution is 2.38. The molecule has 1 fully saturated rings. The number of aliphatic carboxylic acids is 1. The van der Waals surface area contributed by atoms with Crippen molar-refractivity contribution in [2.45, 2.75) is 51.9 Å². The fourth-order valence-electron chi connectivity index (χ4n) is 3.67. The Labute approximate surface area is 122 Å². The zero-order valence-electron chi connectivity index (χ0n) is 12.4. The van der Waals surface area contributed by atoms with Crippen LogP contribution in [-0.4, -0.2) is 11.1 Å². The van der Waals surface area contributed by atoms with Gasteiger partial charge >= 0.3 is 5.97 Å². The Morgan fingerprint density at radius 1 is 1.20 bits per heavy atom. The van der Waals surface area contributed by atoms with Crippen LogP contribution in [0.25, 0.3) is 0 Å². The molecule has 0 amide bonds. The molecule has 1 aliphatic rings. The summed E-state index contributed by atoms with van der Waals surface area (Å²) in [6, 6.07) is 10.4. The largest absolute Gasteiger partial charge is 0.481 e. The van der Waals surface area contributed by atoms with Crippen LogP contribution < -0.4 is 0 Å². The van der Waals surface area contributed by atoms with Crippen molar-refractivity contribution in [3.05, 3.63) is 35.9 Å².